The summed E-state index contributed by atoms with van der Waals surface area (Å²) in [6.45, 7) is 3.01. The van der Waals surface area contributed by atoms with Crippen molar-refractivity contribution in [3.63, 3.8) is 0 Å². The van der Waals surface area contributed by atoms with Crippen LogP contribution < -0.4 is 14.8 Å². The number of thiazole rings is 1. The number of aromatic nitrogens is 1. The highest BCUT2D eigenvalue weighted by molar-refractivity contribution is 8.00. The van der Waals surface area contributed by atoms with E-state index in [1.54, 1.807) is 12.1 Å². The number of carbonyl (C=O) groups excluding carboxylic acids is 1. The van der Waals surface area contributed by atoms with E-state index in [9.17, 15) is 9.18 Å². The molecule has 3 aromatic rings. The van der Waals surface area contributed by atoms with Gasteiger partial charge < -0.3 is 14.8 Å². The van der Waals surface area contributed by atoms with Crippen LogP contribution in [0.5, 0.6) is 11.5 Å². The highest BCUT2D eigenvalue weighted by Crippen LogP contribution is 2.34. The summed E-state index contributed by atoms with van der Waals surface area (Å²) in [4.78, 5) is 18.7. The fourth-order valence-corrected chi connectivity index (χ4v) is 4.32. The zero-order valence-corrected chi connectivity index (χ0v) is 16.7. The van der Waals surface area contributed by atoms with Crippen molar-refractivity contribution in [2.24, 2.45) is 0 Å². The van der Waals surface area contributed by atoms with Crippen molar-refractivity contribution >= 4 is 34.1 Å². The van der Waals surface area contributed by atoms with Crippen LogP contribution in [0.4, 0.5) is 9.52 Å². The molecule has 5 nitrogen and oxygen atoms in total. The Labute approximate surface area is 169 Å². The van der Waals surface area contributed by atoms with E-state index in [2.05, 4.69) is 10.3 Å². The average Bonchev–Trinajstić information content (AvgIpc) is 3.06. The lowest BCUT2D eigenvalue weighted by molar-refractivity contribution is -0.113. The minimum atomic E-state index is -0.290. The Hall–Kier alpha value is -2.58. The molecule has 1 aromatic heterocycles. The van der Waals surface area contributed by atoms with Crippen LogP contribution in [0, 0.1) is 12.7 Å². The van der Waals surface area contributed by atoms with E-state index in [1.807, 2.05) is 25.1 Å². The highest BCUT2D eigenvalue weighted by Gasteiger charge is 2.14. The zero-order valence-electron chi connectivity index (χ0n) is 15.0. The van der Waals surface area contributed by atoms with Gasteiger partial charge in [-0.1, -0.05) is 0 Å². The molecule has 2 aromatic carbocycles. The molecule has 4 rings (SSSR count). The predicted octanol–water partition coefficient (Wildman–Crippen LogP) is 4.76. The number of carbonyl (C=O) groups is 1. The van der Waals surface area contributed by atoms with Gasteiger partial charge in [-0.15, -0.1) is 23.1 Å². The summed E-state index contributed by atoms with van der Waals surface area (Å²) in [5.41, 5.74) is 1.57. The van der Waals surface area contributed by atoms with E-state index in [4.69, 9.17) is 9.47 Å². The van der Waals surface area contributed by atoms with Crippen LogP contribution in [0.15, 0.2) is 47.4 Å². The van der Waals surface area contributed by atoms with Crippen LogP contribution in [0.1, 0.15) is 4.88 Å². The second-order valence-corrected chi connectivity index (χ2v) is 8.32. The summed E-state index contributed by atoms with van der Waals surface area (Å²) < 4.78 is 24.2. The van der Waals surface area contributed by atoms with Gasteiger partial charge in [0, 0.05) is 15.3 Å². The maximum absolute atomic E-state index is 13.1. The molecule has 1 aliphatic heterocycles. The first-order valence-electron chi connectivity index (χ1n) is 8.64. The molecular weight excluding hydrogens is 399 g/mol. The number of benzene rings is 2. The van der Waals surface area contributed by atoms with Crippen LogP contribution in [0.25, 0.3) is 11.3 Å². The van der Waals surface area contributed by atoms with Crippen molar-refractivity contribution in [2.45, 2.75) is 11.8 Å². The van der Waals surface area contributed by atoms with Crippen LogP contribution in [-0.4, -0.2) is 29.9 Å². The molecule has 1 N–H and O–H groups in total. The first-order chi connectivity index (χ1) is 13.6. The van der Waals surface area contributed by atoms with Crippen LogP contribution in [0.3, 0.4) is 0 Å². The fraction of sp³-hybridized carbons (Fsp3) is 0.200. The third-order valence-corrected chi connectivity index (χ3v) is 5.92. The lowest BCUT2D eigenvalue weighted by Gasteiger charge is -2.18. The van der Waals surface area contributed by atoms with Gasteiger partial charge in [-0.05, 0) is 49.4 Å². The Balaban J connectivity index is 1.38. The van der Waals surface area contributed by atoms with Gasteiger partial charge in [0.15, 0.2) is 16.6 Å². The second-order valence-electron chi connectivity index (χ2n) is 6.07. The van der Waals surface area contributed by atoms with E-state index in [0.717, 1.165) is 26.8 Å². The summed E-state index contributed by atoms with van der Waals surface area (Å²) in [6, 6.07) is 11.8. The Morgan fingerprint density at radius 3 is 2.71 bits per heavy atom. The number of thioether (sulfide) groups is 1. The summed E-state index contributed by atoms with van der Waals surface area (Å²) in [5, 5.41) is 3.37. The van der Waals surface area contributed by atoms with E-state index in [0.29, 0.717) is 24.1 Å². The largest absolute Gasteiger partial charge is 0.486 e. The van der Waals surface area contributed by atoms with Crippen molar-refractivity contribution < 1.29 is 18.7 Å². The second kappa shape index (κ2) is 8.20. The maximum Gasteiger partial charge on any atom is 0.236 e. The number of anilines is 1. The fourth-order valence-electron chi connectivity index (χ4n) is 2.74. The maximum atomic E-state index is 13.1. The predicted molar refractivity (Wildman–Crippen MR) is 109 cm³/mol. The number of hydrogen-bond donors (Lipinski definition) is 1. The third kappa shape index (κ3) is 4.28. The molecule has 0 atom stereocenters. The van der Waals surface area contributed by atoms with Gasteiger partial charge >= 0.3 is 0 Å². The first kappa shape index (κ1) is 18.8. The Morgan fingerprint density at radius 2 is 1.93 bits per heavy atom. The molecule has 0 radical (unpaired) electrons. The number of rotatable bonds is 5. The van der Waals surface area contributed by atoms with Crippen molar-refractivity contribution in [3.8, 4) is 22.8 Å². The normalized spacial score (nSPS) is 12.6. The quantitative estimate of drug-likeness (QED) is 0.608. The van der Waals surface area contributed by atoms with E-state index < -0.39 is 0 Å². The number of ether oxygens (including phenoxy) is 2. The average molecular weight is 416 g/mol. The van der Waals surface area contributed by atoms with Crippen molar-refractivity contribution in [3.05, 3.63) is 53.2 Å². The molecular formula is C20H17FN2O3S2. The van der Waals surface area contributed by atoms with Gasteiger partial charge in [0.1, 0.15) is 19.0 Å². The first-order valence-corrected chi connectivity index (χ1v) is 10.4. The number of hydrogen-bond acceptors (Lipinski definition) is 6. The van der Waals surface area contributed by atoms with Gasteiger partial charge in [0.2, 0.25) is 5.91 Å². The molecule has 0 fully saturated rings. The number of nitrogens with one attached hydrogen (secondary N) is 1. The van der Waals surface area contributed by atoms with E-state index in [-0.39, 0.29) is 17.5 Å². The molecule has 1 amide bonds. The molecule has 1 aliphatic rings. The summed E-state index contributed by atoms with van der Waals surface area (Å²) in [5.74, 6) is 1.26. The van der Waals surface area contributed by atoms with Crippen LogP contribution in [0.2, 0.25) is 0 Å². The standard InChI is InChI=1S/C20H17FN2O3S2/c1-12-19(13-2-4-14(21)5-3-13)23-20(28-12)22-18(24)11-27-15-6-7-16-17(10-15)26-9-8-25-16/h2-7,10H,8-9,11H2,1H3,(H,22,23,24). The lowest BCUT2D eigenvalue weighted by atomic mass is 10.1. The molecule has 0 aliphatic carbocycles. The van der Waals surface area contributed by atoms with Crippen LogP contribution >= 0.6 is 23.1 Å². The molecule has 0 spiro atoms. The van der Waals surface area contributed by atoms with Gasteiger partial charge in [-0.3, -0.25) is 4.79 Å². The van der Waals surface area contributed by atoms with Gasteiger partial charge in [-0.2, -0.15) is 0 Å². The Kier molecular flexibility index (Phi) is 5.50. The highest BCUT2D eigenvalue weighted by atomic mass is 32.2. The number of fused-ring (bicyclic) bond motifs is 1. The molecule has 0 saturated heterocycles. The summed E-state index contributed by atoms with van der Waals surface area (Å²) >= 11 is 2.82. The molecule has 0 unspecified atom stereocenters. The lowest BCUT2D eigenvalue weighted by Crippen LogP contribution is -2.15. The van der Waals surface area contributed by atoms with Gasteiger partial charge in [-0.25, -0.2) is 9.37 Å². The Morgan fingerprint density at radius 1 is 1.18 bits per heavy atom. The number of nitrogens with zero attached hydrogens (tertiary/aromatic N) is 1. The molecule has 8 heteroatoms. The molecule has 0 saturated carbocycles. The van der Waals surface area contributed by atoms with E-state index in [1.165, 1.54) is 35.2 Å². The molecule has 0 bridgehead atoms. The minimum Gasteiger partial charge on any atom is -0.486 e. The number of amides is 1. The van der Waals surface area contributed by atoms with Gasteiger partial charge in [0.25, 0.3) is 0 Å². The monoisotopic (exact) mass is 416 g/mol. The third-order valence-electron chi connectivity index (χ3n) is 4.04. The molecule has 144 valence electrons. The number of halogens is 1. The van der Waals surface area contributed by atoms with Crippen LogP contribution in [-0.2, 0) is 4.79 Å². The van der Waals surface area contributed by atoms with Crippen molar-refractivity contribution in [1.82, 2.24) is 4.98 Å². The summed E-state index contributed by atoms with van der Waals surface area (Å²) in [6.07, 6.45) is 0. The SMILES string of the molecule is Cc1sc(NC(=O)CSc2ccc3c(c2)OCCO3)nc1-c1ccc(F)cc1. The van der Waals surface area contributed by atoms with E-state index >= 15 is 0 Å². The topological polar surface area (TPSA) is 60.5 Å². The number of aryl methyl sites for hydroxylation is 1. The smallest absolute Gasteiger partial charge is 0.236 e. The minimum absolute atomic E-state index is 0.140. The van der Waals surface area contributed by atoms with Crippen molar-refractivity contribution in [2.75, 3.05) is 24.3 Å². The molecule has 2 heterocycles. The molecule has 28 heavy (non-hydrogen) atoms. The summed E-state index contributed by atoms with van der Waals surface area (Å²) in [7, 11) is 0. The van der Waals surface area contributed by atoms with Gasteiger partial charge in [0.05, 0.1) is 11.4 Å². The van der Waals surface area contributed by atoms with Crippen molar-refractivity contribution in [1.29, 1.82) is 0 Å². The zero-order chi connectivity index (χ0) is 19.5. The Bertz CT molecular complexity index is 1010.